The topological polar surface area (TPSA) is 30.4 Å². The summed E-state index contributed by atoms with van der Waals surface area (Å²) < 4.78 is 8.84. The third-order valence-electron chi connectivity index (χ3n) is 9.93. The number of aliphatic imine (C=N–C) groups is 1. The number of benzene rings is 5. The first-order chi connectivity index (χ1) is 22.6. The lowest BCUT2D eigenvalue weighted by molar-refractivity contribution is 0.627. The molecular weight excluding hydrogens is 560 g/mol. The van der Waals surface area contributed by atoms with Crippen LogP contribution in [0.1, 0.15) is 37.3 Å². The third-order valence-corrected chi connectivity index (χ3v) is 9.93. The Balaban J connectivity index is 1.22. The molecule has 3 heteroatoms. The number of rotatable bonds is 4. The Morgan fingerprint density at radius 2 is 1.63 bits per heavy atom. The first kappa shape index (κ1) is 26.9. The summed E-state index contributed by atoms with van der Waals surface area (Å²) in [6.45, 7) is 4.36. The minimum absolute atomic E-state index is 0.143. The van der Waals surface area contributed by atoms with Crippen molar-refractivity contribution in [2.75, 3.05) is 0 Å². The predicted octanol–water partition coefficient (Wildman–Crippen LogP) is 9.37. The molecule has 5 aromatic carbocycles. The van der Waals surface area contributed by atoms with E-state index in [2.05, 4.69) is 158 Å². The van der Waals surface area contributed by atoms with Crippen LogP contribution in [-0.2, 0) is 0 Å². The Bertz CT molecular complexity index is 2540. The molecule has 0 N–H and O–H groups in total. The van der Waals surface area contributed by atoms with Crippen LogP contribution in [0, 0.1) is 5.92 Å². The monoisotopic (exact) mass is 594 g/mol. The van der Waals surface area contributed by atoms with Crippen molar-refractivity contribution in [1.82, 2.24) is 4.57 Å². The van der Waals surface area contributed by atoms with Crippen LogP contribution in [-0.4, -0.2) is 16.3 Å². The fourth-order valence-corrected chi connectivity index (χ4v) is 7.61. The fourth-order valence-electron chi connectivity index (χ4n) is 7.61. The number of hydrogen-bond acceptors (Lipinski definition) is 2. The molecule has 3 atom stereocenters. The van der Waals surface area contributed by atoms with Crippen LogP contribution >= 0.6 is 0 Å². The van der Waals surface area contributed by atoms with Gasteiger partial charge in [-0.2, -0.15) is 0 Å². The Morgan fingerprint density at radius 3 is 2.52 bits per heavy atom. The number of nitrogens with zero attached hydrogens (tertiary/aromatic N) is 2. The summed E-state index contributed by atoms with van der Waals surface area (Å²) >= 11 is 0. The highest BCUT2D eigenvalue weighted by atomic mass is 16.3. The molecule has 2 heterocycles. The van der Waals surface area contributed by atoms with Gasteiger partial charge in [-0.3, -0.25) is 4.99 Å². The molecule has 2 aliphatic carbocycles. The lowest BCUT2D eigenvalue weighted by atomic mass is 9.89. The van der Waals surface area contributed by atoms with Gasteiger partial charge in [-0.1, -0.05) is 110 Å². The molecule has 222 valence electrons. The quantitative estimate of drug-likeness (QED) is 0.187. The van der Waals surface area contributed by atoms with E-state index in [0.717, 1.165) is 39.6 Å². The van der Waals surface area contributed by atoms with Crippen LogP contribution in [0.25, 0.3) is 61.5 Å². The van der Waals surface area contributed by atoms with Gasteiger partial charge in [0.25, 0.3) is 0 Å². The van der Waals surface area contributed by atoms with Crippen molar-refractivity contribution in [3.63, 3.8) is 0 Å². The van der Waals surface area contributed by atoms with E-state index in [-0.39, 0.29) is 12.0 Å². The average molecular weight is 595 g/mol. The molecule has 9 rings (SSSR count). The summed E-state index contributed by atoms with van der Waals surface area (Å²) in [4.78, 5) is 5.17. The standard InChI is InChI=1S/C43H34N2O/c1-27-11-6-9-17-37(27)44-28(2)33-16-10-18-41-43(33)36-26-31(21-24-40(36)46-41)30-20-22-38-35(25-30)42-34-15-8-7-12-29(34)19-23-39(42)45(38)32-13-4-3-5-14-32/h3-19,21-27,30,37H,20H2,1-2H3. The van der Waals surface area contributed by atoms with Gasteiger partial charge in [-0.25, -0.2) is 0 Å². The van der Waals surface area contributed by atoms with Gasteiger partial charge in [0.15, 0.2) is 0 Å². The molecule has 7 aromatic rings. The van der Waals surface area contributed by atoms with Crippen molar-refractivity contribution in [2.24, 2.45) is 10.9 Å². The van der Waals surface area contributed by atoms with E-state index >= 15 is 0 Å². The molecule has 0 saturated heterocycles. The van der Waals surface area contributed by atoms with Crippen LogP contribution in [0.15, 0.2) is 137 Å². The number of furan rings is 1. The largest absolute Gasteiger partial charge is 0.456 e. The Hall–Kier alpha value is -5.41. The summed E-state index contributed by atoms with van der Waals surface area (Å²) in [5, 5.41) is 8.78. The second-order valence-electron chi connectivity index (χ2n) is 12.7. The fraction of sp³-hybridized carbons (Fsp3) is 0.140. The second kappa shape index (κ2) is 10.6. The highest BCUT2D eigenvalue weighted by Crippen LogP contribution is 2.36. The van der Waals surface area contributed by atoms with E-state index in [0.29, 0.717) is 5.92 Å². The van der Waals surface area contributed by atoms with E-state index in [1.54, 1.807) is 0 Å². The third kappa shape index (κ3) is 4.23. The van der Waals surface area contributed by atoms with Crippen LogP contribution in [0.5, 0.6) is 0 Å². The zero-order valence-electron chi connectivity index (χ0n) is 26.0. The van der Waals surface area contributed by atoms with Crippen molar-refractivity contribution in [2.45, 2.75) is 32.2 Å². The van der Waals surface area contributed by atoms with Gasteiger partial charge in [0.05, 0.1) is 11.6 Å². The summed E-state index contributed by atoms with van der Waals surface area (Å²) in [5.74, 6) is 0.623. The van der Waals surface area contributed by atoms with Crippen LogP contribution < -0.4 is 10.6 Å². The molecule has 0 spiro atoms. The number of aromatic nitrogens is 1. The van der Waals surface area contributed by atoms with Gasteiger partial charge in [-0.15, -0.1) is 0 Å². The summed E-state index contributed by atoms with van der Waals surface area (Å²) in [6, 6.07) is 37.3. The molecule has 3 nitrogen and oxygen atoms in total. The minimum Gasteiger partial charge on any atom is -0.456 e. The molecule has 0 radical (unpaired) electrons. The maximum absolute atomic E-state index is 6.41. The molecule has 0 saturated carbocycles. The zero-order chi connectivity index (χ0) is 30.8. The molecule has 0 amide bonds. The summed E-state index contributed by atoms with van der Waals surface area (Å²) in [7, 11) is 0. The lowest BCUT2D eigenvalue weighted by Crippen LogP contribution is -2.31. The normalized spacial score (nSPS) is 19.5. The van der Waals surface area contributed by atoms with Crippen molar-refractivity contribution < 1.29 is 4.42 Å². The lowest BCUT2D eigenvalue weighted by Gasteiger charge is -2.17. The molecule has 2 aromatic heterocycles. The van der Waals surface area contributed by atoms with Gasteiger partial charge in [0.2, 0.25) is 0 Å². The van der Waals surface area contributed by atoms with Crippen molar-refractivity contribution >= 4 is 61.5 Å². The van der Waals surface area contributed by atoms with Crippen LogP contribution in [0.2, 0.25) is 0 Å². The molecule has 3 unspecified atom stereocenters. The van der Waals surface area contributed by atoms with E-state index in [9.17, 15) is 0 Å². The average Bonchev–Trinajstić information content (AvgIpc) is 3.65. The van der Waals surface area contributed by atoms with Gasteiger partial charge in [-0.05, 0) is 66.1 Å². The number of fused-ring (bicyclic) bond motifs is 8. The van der Waals surface area contributed by atoms with E-state index in [4.69, 9.17) is 9.41 Å². The number of hydrogen-bond donors (Lipinski definition) is 0. The van der Waals surface area contributed by atoms with E-state index < -0.39 is 0 Å². The molecule has 0 bridgehead atoms. The highest BCUT2D eigenvalue weighted by molar-refractivity contribution is 6.18. The maximum atomic E-state index is 6.41. The molecule has 0 fully saturated rings. The number of para-hydroxylation sites is 1. The van der Waals surface area contributed by atoms with Crippen molar-refractivity contribution in [1.29, 1.82) is 0 Å². The van der Waals surface area contributed by atoms with Gasteiger partial charge in [0.1, 0.15) is 11.2 Å². The highest BCUT2D eigenvalue weighted by Gasteiger charge is 2.21. The predicted molar refractivity (Wildman–Crippen MR) is 193 cm³/mol. The summed E-state index contributed by atoms with van der Waals surface area (Å²) in [5.41, 5.74) is 7.75. The maximum Gasteiger partial charge on any atom is 0.136 e. The Morgan fingerprint density at radius 1 is 0.783 bits per heavy atom. The zero-order valence-corrected chi connectivity index (χ0v) is 26.0. The second-order valence-corrected chi connectivity index (χ2v) is 12.7. The minimum atomic E-state index is 0.143. The molecule has 2 aliphatic rings. The van der Waals surface area contributed by atoms with Crippen LogP contribution in [0.3, 0.4) is 0 Å². The van der Waals surface area contributed by atoms with Gasteiger partial charge in [0, 0.05) is 55.5 Å². The van der Waals surface area contributed by atoms with Crippen molar-refractivity contribution in [3.05, 3.63) is 149 Å². The molecule has 46 heavy (non-hydrogen) atoms. The van der Waals surface area contributed by atoms with E-state index in [1.165, 1.54) is 43.5 Å². The molecule has 0 aliphatic heterocycles. The van der Waals surface area contributed by atoms with Gasteiger partial charge < -0.3 is 8.98 Å². The van der Waals surface area contributed by atoms with Crippen molar-refractivity contribution in [3.8, 4) is 5.69 Å². The first-order valence-corrected chi connectivity index (χ1v) is 16.3. The van der Waals surface area contributed by atoms with E-state index in [1.807, 2.05) is 0 Å². The Kier molecular flexibility index (Phi) is 6.21. The van der Waals surface area contributed by atoms with Crippen LogP contribution in [0.4, 0.5) is 0 Å². The smallest absolute Gasteiger partial charge is 0.136 e. The number of allylic oxidation sites excluding steroid dienone is 2. The SMILES string of the molecule is CC(=NC1C=CC=CC1C)c1cccc2oc3ccc(C4C=c5c(n(-c6ccccc6)c6ccc7ccccc7c56)=CC4)cc3c12. The summed E-state index contributed by atoms with van der Waals surface area (Å²) in [6.07, 6.45) is 14.5. The first-order valence-electron chi connectivity index (χ1n) is 16.3. The Labute approximate surface area is 267 Å². The van der Waals surface area contributed by atoms with Gasteiger partial charge >= 0.3 is 0 Å². The molecular formula is C43H34N2O.